The second kappa shape index (κ2) is 6.32. The Kier molecular flexibility index (Phi) is 4.75. The lowest BCUT2D eigenvalue weighted by atomic mass is 9.75. The van der Waals surface area contributed by atoms with E-state index in [0.29, 0.717) is 5.41 Å². The molecule has 0 amide bonds. The molecule has 1 aromatic rings. The second-order valence-corrected chi connectivity index (χ2v) is 5.50. The largest absolute Gasteiger partial charge is 0.330 e. The van der Waals surface area contributed by atoms with Gasteiger partial charge in [0.1, 0.15) is 0 Å². The maximum absolute atomic E-state index is 5.95. The van der Waals surface area contributed by atoms with Crippen molar-refractivity contribution in [3.8, 4) is 0 Å². The Morgan fingerprint density at radius 2 is 1.72 bits per heavy atom. The first-order chi connectivity index (χ1) is 8.78. The summed E-state index contributed by atoms with van der Waals surface area (Å²) in [6.45, 7) is 4.89. The van der Waals surface area contributed by atoms with Gasteiger partial charge in [-0.25, -0.2) is 0 Å². The van der Waals surface area contributed by atoms with E-state index < -0.39 is 0 Å². The quantitative estimate of drug-likeness (QED) is 0.830. The van der Waals surface area contributed by atoms with Crippen LogP contribution in [-0.4, -0.2) is 31.1 Å². The minimum Gasteiger partial charge on any atom is -0.330 e. The normalized spacial score (nSPS) is 19.9. The minimum atomic E-state index is 0.307. The molecule has 4 N–H and O–H groups in total. The predicted octanol–water partition coefficient (Wildman–Crippen LogP) is 1.58. The number of nitrogens with two attached hydrogens (primary N) is 2. The summed E-state index contributed by atoms with van der Waals surface area (Å²) in [4.78, 5) is 2.53. The van der Waals surface area contributed by atoms with Crippen LogP contribution in [-0.2, 0) is 6.54 Å². The predicted molar refractivity (Wildman–Crippen MR) is 76.1 cm³/mol. The maximum Gasteiger partial charge on any atom is 0.0233 e. The van der Waals surface area contributed by atoms with Gasteiger partial charge in [0.2, 0.25) is 0 Å². The molecule has 100 valence electrons. The molecule has 0 radical (unpaired) electrons. The fourth-order valence-corrected chi connectivity index (χ4v) is 2.89. The van der Waals surface area contributed by atoms with Crippen molar-refractivity contribution in [2.75, 3.05) is 26.2 Å². The van der Waals surface area contributed by atoms with Crippen molar-refractivity contribution in [3.05, 3.63) is 35.9 Å². The highest BCUT2D eigenvalue weighted by atomic mass is 15.1. The first kappa shape index (κ1) is 13.5. The zero-order valence-corrected chi connectivity index (χ0v) is 11.1. The summed E-state index contributed by atoms with van der Waals surface area (Å²) in [5.41, 5.74) is 13.4. The molecule has 1 saturated heterocycles. The average molecular weight is 247 g/mol. The molecule has 1 fully saturated rings. The average Bonchev–Trinajstić information content (AvgIpc) is 2.43. The van der Waals surface area contributed by atoms with Crippen molar-refractivity contribution < 1.29 is 0 Å². The lowest BCUT2D eigenvalue weighted by Crippen LogP contribution is -2.44. The van der Waals surface area contributed by atoms with E-state index >= 15 is 0 Å². The Balaban J connectivity index is 1.86. The zero-order valence-electron chi connectivity index (χ0n) is 11.1. The number of hydrogen-bond acceptors (Lipinski definition) is 3. The lowest BCUT2D eigenvalue weighted by Gasteiger charge is -2.41. The summed E-state index contributed by atoms with van der Waals surface area (Å²) in [6.07, 6.45) is 3.45. The third-order valence-corrected chi connectivity index (χ3v) is 4.27. The summed E-state index contributed by atoms with van der Waals surface area (Å²) >= 11 is 0. The number of piperidine rings is 1. The van der Waals surface area contributed by atoms with Crippen molar-refractivity contribution in [2.45, 2.75) is 25.8 Å². The topological polar surface area (TPSA) is 55.3 Å². The molecular weight excluding hydrogens is 222 g/mol. The SMILES string of the molecule is NCCC1(CN)CCN(Cc2ccccc2)CC1. The van der Waals surface area contributed by atoms with Gasteiger partial charge >= 0.3 is 0 Å². The molecule has 18 heavy (non-hydrogen) atoms. The summed E-state index contributed by atoms with van der Waals surface area (Å²) in [5, 5.41) is 0. The van der Waals surface area contributed by atoms with Gasteiger partial charge in [-0.1, -0.05) is 30.3 Å². The van der Waals surface area contributed by atoms with Gasteiger partial charge in [-0.3, -0.25) is 4.90 Å². The van der Waals surface area contributed by atoms with Gasteiger partial charge in [-0.15, -0.1) is 0 Å². The van der Waals surface area contributed by atoms with Crippen LogP contribution in [0.5, 0.6) is 0 Å². The molecule has 0 unspecified atom stereocenters. The second-order valence-electron chi connectivity index (χ2n) is 5.50. The van der Waals surface area contributed by atoms with Crippen LogP contribution in [0.25, 0.3) is 0 Å². The van der Waals surface area contributed by atoms with Crippen LogP contribution >= 0.6 is 0 Å². The summed E-state index contributed by atoms with van der Waals surface area (Å²) in [7, 11) is 0. The molecule has 0 aromatic heterocycles. The first-order valence-corrected chi connectivity index (χ1v) is 6.94. The van der Waals surface area contributed by atoms with Crippen LogP contribution in [0.3, 0.4) is 0 Å². The number of nitrogens with zero attached hydrogens (tertiary/aromatic N) is 1. The molecule has 3 nitrogen and oxygen atoms in total. The fraction of sp³-hybridized carbons (Fsp3) is 0.600. The standard InChI is InChI=1S/C15H25N3/c16-9-6-15(13-17)7-10-18(11-8-15)12-14-4-2-1-3-5-14/h1-5H,6-13,16-17H2. The lowest BCUT2D eigenvalue weighted by molar-refractivity contribution is 0.0988. The molecule has 0 atom stereocenters. The van der Waals surface area contributed by atoms with Gasteiger partial charge in [-0.2, -0.15) is 0 Å². The van der Waals surface area contributed by atoms with E-state index in [1.165, 1.54) is 18.4 Å². The Bertz CT molecular complexity index is 342. The Hall–Kier alpha value is -0.900. The number of rotatable bonds is 5. The van der Waals surface area contributed by atoms with Crippen molar-refractivity contribution in [1.82, 2.24) is 4.90 Å². The van der Waals surface area contributed by atoms with Crippen molar-refractivity contribution in [1.29, 1.82) is 0 Å². The van der Waals surface area contributed by atoms with Crippen molar-refractivity contribution in [2.24, 2.45) is 16.9 Å². The molecule has 1 heterocycles. The molecule has 1 aromatic carbocycles. The van der Waals surface area contributed by atoms with Crippen LogP contribution in [0.2, 0.25) is 0 Å². The van der Waals surface area contributed by atoms with Crippen molar-refractivity contribution >= 4 is 0 Å². The van der Waals surface area contributed by atoms with Crippen LogP contribution in [0.15, 0.2) is 30.3 Å². The third kappa shape index (κ3) is 3.31. The monoisotopic (exact) mass is 247 g/mol. The smallest absolute Gasteiger partial charge is 0.0233 e. The first-order valence-electron chi connectivity index (χ1n) is 6.94. The Labute approximate surface area is 110 Å². The van der Waals surface area contributed by atoms with E-state index in [0.717, 1.165) is 39.1 Å². The van der Waals surface area contributed by atoms with Crippen LogP contribution in [0.1, 0.15) is 24.8 Å². The van der Waals surface area contributed by atoms with Crippen LogP contribution in [0.4, 0.5) is 0 Å². The highest BCUT2D eigenvalue weighted by Crippen LogP contribution is 2.33. The van der Waals surface area contributed by atoms with E-state index in [1.54, 1.807) is 0 Å². The molecule has 0 saturated carbocycles. The summed E-state index contributed by atoms with van der Waals surface area (Å²) < 4.78 is 0. The molecule has 0 spiro atoms. The van der Waals surface area contributed by atoms with Crippen LogP contribution < -0.4 is 11.5 Å². The highest BCUT2D eigenvalue weighted by Gasteiger charge is 2.32. The molecule has 0 bridgehead atoms. The molecule has 1 aliphatic rings. The highest BCUT2D eigenvalue weighted by molar-refractivity contribution is 5.14. The zero-order chi connectivity index (χ0) is 12.8. The Morgan fingerprint density at radius 3 is 2.28 bits per heavy atom. The summed E-state index contributed by atoms with van der Waals surface area (Å²) in [5.74, 6) is 0. The van der Waals surface area contributed by atoms with Gasteiger partial charge in [0, 0.05) is 6.54 Å². The number of hydrogen-bond donors (Lipinski definition) is 2. The third-order valence-electron chi connectivity index (χ3n) is 4.27. The van der Waals surface area contributed by atoms with E-state index in [2.05, 4.69) is 35.2 Å². The van der Waals surface area contributed by atoms with E-state index in [-0.39, 0.29) is 0 Å². The Morgan fingerprint density at radius 1 is 1.06 bits per heavy atom. The van der Waals surface area contributed by atoms with Gasteiger partial charge < -0.3 is 11.5 Å². The molecule has 3 heteroatoms. The van der Waals surface area contributed by atoms with E-state index in [9.17, 15) is 0 Å². The van der Waals surface area contributed by atoms with Gasteiger partial charge in [-0.05, 0) is 56.4 Å². The molecule has 1 aliphatic heterocycles. The minimum absolute atomic E-state index is 0.307. The van der Waals surface area contributed by atoms with E-state index in [4.69, 9.17) is 11.5 Å². The molecular formula is C15H25N3. The van der Waals surface area contributed by atoms with Gasteiger partial charge in [0.15, 0.2) is 0 Å². The number of benzene rings is 1. The fourth-order valence-electron chi connectivity index (χ4n) is 2.89. The molecule has 2 rings (SSSR count). The van der Waals surface area contributed by atoms with Crippen molar-refractivity contribution in [3.63, 3.8) is 0 Å². The van der Waals surface area contributed by atoms with E-state index in [1.807, 2.05) is 0 Å². The maximum atomic E-state index is 5.95. The summed E-state index contributed by atoms with van der Waals surface area (Å²) in [6, 6.07) is 10.7. The van der Waals surface area contributed by atoms with Gasteiger partial charge in [0.25, 0.3) is 0 Å². The van der Waals surface area contributed by atoms with Gasteiger partial charge in [0.05, 0.1) is 0 Å². The van der Waals surface area contributed by atoms with Crippen LogP contribution in [0, 0.1) is 5.41 Å². The molecule has 0 aliphatic carbocycles. The number of likely N-dealkylation sites (tertiary alicyclic amines) is 1.